The molecule has 0 rings (SSSR count). The minimum atomic E-state index is -0.722. The van der Waals surface area contributed by atoms with E-state index in [0.717, 1.165) is 51.4 Å². The van der Waals surface area contributed by atoms with E-state index >= 15 is 0 Å². The predicted molar refractivity (Wildman–Crippen MR) is 97.9 cm³/mol. The minimum absolute atomic E-state index is 0.101. The number of hydrogen-bond acceptors (Lipinski definition) is 3. The third-order valence-electron chi connectivity index (χ3n) is 4.29. The van der Waals surface area contributed by atoms with Crippen molar-refractivity contribution in [2.24, 2.45) is 11.8 Å². The van der Waals surface area contributed by atoms with Gasteiger partial charge in [-0.3, -0.25) is 9.59 Å². The normalized spacial score (nSPS) is 13.8. The number of unbranched alkanes of at least 4 members (excludes halogenated alkanes) is 4. The maximum Gasteiger partial charge on any atom is 0.309 e. The van der Waals surface area contributed by atoms with Crippen molar-refractivity contribution in [2.45, 2.75) is 85.0 Å². The molecule has 0 amide bonds. The highest BCUT2D eigenvalue weighted by Crippen LogP contribution is 2.19. The van der Waals surface area contributed by atoms with Gasteiger partial charge in [-0.05, 0) is 32.6 Å². The average molecular weight is 341 g/mol. The number of rotatable bonds is 15. The van der Waals surface area contributed by atoms with Crippen molar-refractivity contribution in [1.82, 2.24) is 0 Å². The van der Waals surface area contributed by atoms with Crippen LogP contribution >= 0.6 is 0 Å². The van der Waals surface area contributed by atoms with Gasteiger partial charge in [0.25, 0.3) is 0 Å². The van der Waals surface area contributed by atoms with Gasteiger partial charge >= 0.3 is 11.9 Å². The summed E-state index contributed by atoms with van der Waals surface area (Å²) >= 11 is 0. The molecule has 0 aromatic heterocycles. The maximum absolute atomic E-state index is 12.0. The number of allylic oxidation sites excluding steroid dienone is 2. The lowest BCUT2D eigenvalue weighted by Gasteiger charge is -2.14. The Morgan fingerprint density at radius 3 is 1.83 bits per heavy atom. The lowest BCUT2D eigenvalue weighted by Crippen LogP contribution is -2.17. The van der Waals surface area contributed by atoms with Crippen molar-refractivity contribution < 1.29 is 19.4 Å². The molecule has 2 atom stereocenters. The van der Waals surface area contributed by atoms with E-state index in [0.29, 0.717) is 19.4 Å². The number of hydrogen-bond donors (Lipinski definition) is 1. The Kier molecular flexibility index (Phi) is 14.4. The van der Waals surface area contributed by atoms with E-state index in [-0.39, 0.29) is 17.8 Å². The van der Waals surface area contributed by atoms with Gasteiger partial charge in [0.05, 0.1) is 18.4 Å². The van der Waals surface area contributed by atoms with E-state index in [1.807, 2.05) is 19.1 Å². The van der Waals surface area contributed by atoms with Crippen LogP contribution in [0.4, 0.5) is 0 Å². The van der Waals surface area contributed by atoms with Crippen LogP contribution in [0, 0.1) is 11.8 Å². The SMILES string of the molecule is CCCCCC(CC=CCC(CCCCC)C(=O)OCC)C(=O)O. The van der Waals surface area contributed by atoms with Crippen LogP contribution in [0.15, 0.2) is 12.2 Å². The van der Waals surface area contributed by atoms with E-state index in [1.165, 1.54) is 0 Å². The van der Waals surface area contributed by atoms with Gasteiger partial charge in [-0.1, -0.05) is 64.5 Å². The highest BCUT2D eigenvalue weighted by atomic mass is 16.5. The molecule has 0 aliphatic carbocycles. The van der Waals surface area contributed by atoms with Crippen LogP contribution in [0.1, 0.15) is 85.0 Å². The fraction of sp³-hybridized carbons (Fsp3) is 0.800. The molecule has 24 heavy (non-hydrogen) atoms. The Hall–Kier alpha value is -1.32. The second-order valence-electron chi connectivity index (χ2n) is 6.42. The van der Waals surface area contributed by atoms with Crippen molar-refractivity contribution in [2.75, 3.05) is 6.61 Å². The Bertz CT molecular complexity index is 363. The van der Waals surface area contributed by atoms with E-state index in [2.05, 4.69) is 13.8 Å². The summed E-state index contributed by atoms with van der Waals surface area (Å²) in [6.45, 7) is 6.49. The van der Waals surface area contributed by atoms with Gasteiger partial charge in [-0.25, -0.2) is 0 Å². The number of carboxylic acid groups (broad SMARTS) is 1. The van der Waals surface area contributed by atoms with Crippen LogP contribution in [0.3, 0.4) is 0 Å². The molecule has 140 valence electrons. The first-order valence-corrected chi connectivity index (χ1v) is 9.61. The third kappa shape index (κ3) is 11.3. The van der Waals surface area contributed by atoms with Gasteiger partial charge in [0.15, 0.2) is 0 Å². The standard InChI is InChI=1S/C20H36O4/c1-4-7-9-13-17(19(21)22)14-11-12-16-18(15-10-8-5-2)20(23)24-6-3/h11-12,17-18H,4-10,13-16H2,1-3H3,(H,21,22). The molecule has 2 unspecified atom stereocenters. The summed E-state index contributed by atoms with van der Waals surface area (Å²) in [6.07, 6.45) is 13.1. The number of aliphatic carboxylic acids is 1. The van der Waals surface area contributed by atoms with Gasteiger partial charge in [-0.2, -0.15) is 0 Å². The highest BCUT2D eigenvalue weighted by molar-refractivity contribution is 5.72. The number of carbonyl (C=O) groups excluding carboxylic acids is 1. The molecule has 0 aromatic carbocycles. The summed E-state index contributed by atoms with van der Waals surface area (Å²) in [5.41, 5.74) is 0. The van der Waals surface area contributed by atoms with E-state index in [4.69, 9.17) is 4.74 Å². The van der Waals surface area contributed by atoms with Crippen LogP contribution in [0.5, 0.6) is 0 Å². The van der Waals surface area contributed by atoms with Crippen molar-refractivity contribution in [1.29, 1.82) is 0 Å². The van der Waals surface area contributed by atoms with Crippen LogP contribution in [0.2, 0.25) is 0 Å². The summed E-state index contributed by atoms with van der Waals surface area (Å²) in [5, 5.41) is 9.27. The second-order valence-corrected chi connectivity index (χ2v) is 6.42. The third-order valence-corrected chi connectivity index (χ3v) is 4.29. The molecule has 4 heteroatoms. The number of esters is 1. The van der Waals surface area contributed by atoms with Crippen molar-refractivity contribution in [3.8, 4) is 0 Å². The summed E-state index contributed by atoms with van der Waals surface area (Å²) in [7, 11) is 0. The molecule has 0 aromatic rings. The first-order chi connectivity index (χ1) is 11.6. The van der Waals surface area contributed by atoms with E-state index in [1.54, 1.807) is 0 Å². The largest absolute Gasteiger partial charge is 0.481 e. The molecule has 1 N–H and O–H groups in total. The molecule has 0 radical (unpaired) electrons. The van der Waals surface area contributed by atoms with Gasteiger partial charge in [0.2, 0.25) is 0 Å². The fourth-order valence-electron chi connectivity index (χ4n) is 2.74. The molecule has 0 aliphatic heterocycles. The number of carboxylic acids is 1. The molecule has 0 bridgehead atoms. The molecule has 0 heterocycles. The smallest absolute Gasteiger partial charge is 0.309 e. The predicted octanol–water partition coefficient (Wildman–Crippen LogP) is 5.36. The lowest BCUT2D eigenvalue weighted by molar-refractivity contribution is -0.148. The highest BCUT2D eigenvalue weighted by Gasteiger charge is 2.18. The summed E-state index contributed by atoms with van der Waals surface area (Å²) < 4.78 is 5.15. The van der Waals surface area contributed by atoms with Crippen LogP contribution in [-0.2, 0) is 14.3 Å². The van der Waals surface area contributed by atoms with Gasteiger partial charge in [-0.15, -0.1) is 0 Å². The number of ether oxygens (including phenoxy) is 1. The van der Waals surface area contributed by atoms with Crippen LogP contribution in [-0.4, -0.2) is 23.7 Å². The molecule has 0 aliphatic rings. The van der Waals surface area contributed by atoms with Gasteiger partial charge in [0.1, 0.15) is 0 Å². The zero-order chi connectivity index (χ0) is 18.2. The second kappa shape index (κ2) is 15.2. The molecule has 0 fully saturated rings. The Labute approximate surface area is 147 Å². The average Bonchev–Trinajstić information content (AvgIpc) is 2.55. The van der Waals surface area contributed by atoms with E-state index in [9.17, 15) is 14.7 Å². The Morgan fingerprint density at radius 2 is 1.38 bits per heavy atom. The number of carbonyl (C=O) groups is 2. The molecule has 0 saturated heterocycles. The fourth-order valence-corrected chi connectivity index (χ4v) is 2.74. The summed E-state index contributed by atoms with van der Waals surface area (Å²) in [5.74, 6) is -1.26. The van der Waals surface area contributed by atoms with E-state index < -0.39 is 5.97 Å². The zero-order valence-corrected chi connectivity index (χ0v) is 15.8. The quantitative estimate of drug-likeness (QED) is 0.247. The van der Waals surface area contributed by atoms with Gasteiger partial charge in [0, 0.05) is 0 Å². The first-order valence-electron chi connectivity index (χ1n) is 9.61. The summed E-state index contributed by atoms with van der Waals surface area (Å²) in [4.78, 5) is 23.3. The van der Waals surface area contributed by atoms with Gasteiger partial charge < -0.3 is 9.84 Å². The van der Waals surface area contributed by atoms with Crippen molar-refractivity contribution in [3.05, 3.63) is 12.2 Å². The van der Waals surface area contributed by atoms with Crippen molar-refractivity contribution >= 4 is 11.9 Å². The minimum Gasteiger partial charge on any atom is -0.481 e. The topological polar surface area (TPSA) is 63.6 Å². The van der Waals surface area contributed by atoms with Crippen molar-refractivity contribution in [3.63, 3.8) is 0 Å². The summed E-state index contributed by atoms with van der Waals surface area (Å²) in [6, 6.07) is 0. The zero-order valence-electron chi connectivity index (χ0n) is 15.8. The molecular formula is C20H36O4. The van der Waals surface area contributed by atoms with Crippen LogP contribution < -0.4 is 0 Å². The molecule has 0 saturated carbocycles. The molecular weight excluding hydrogens is 304 g/mol. The lowest BCUT2D eigenvalue weighted by atomic mass is 9.95. The monoisotopic (exact) mass is 340 g/mol. The first kappa shape index (κ1) is 22.7. The molecule has 0 spiro atoms. The Morgan fingerprint density at radius 1 is 0.875 bits per heavy atom. The molecule has 4 nitrogen and oxygen atoms in total. The maximum atomic E-state index is 12.0. The Balaban J connectivity index is 4.38. The van der Waals surface area contributed by atoms with Crippen LogP contribution in [0.25, 0.3) is 0 Å².